The van der Waals surface area contributed by atoms with Crippen molar-refractivity contribution in [2.24, 2.45) is 5.92 Å². The van der Waals surface area contributed by atoms with Gasteiger partial charge in [-0.2, -0.15) is 0 Å². The summed E-state index contributed by atoms with van der Waals surface area (Å²) in [7, 11) is 1.32. The number of H-pyrrole nitrogens is 2. The molecule has 0 spiro atoms. The fourth-order valence-electron chi connectivity index (χ4n) is 8.32. The Hall–Kier alpha value is -4.70. The molecule has 1 fully saturated rings. The zero-order chi connectivity index (χ0) is 36.9. The second-order valence-electron chi connectivity index (χ2n) is 14.3. The number of imidazole rings is 2. The van der Waals surface area contributed by atoms with Gasteiger partial charge >= 0.3 is 6.09 Å². The molecule has 3 N–H and O–H groups in total. The van der Waals surface area contributed by atoms with Gasteiger partial charge in [0.05, 0.1) is 49.1 Å². The summed E-state index contributed by atoms with van der Waals surface area (Å²) in [6.07, 6.45) is 11.4. The molecule has 2 amide bonds. The largest absolute Gasteiger partial charge is 0.453 e. The highest BCUT2D eigenvalue weighted by molar-refractivity contribution is 5.87. The van der Waals surface area contributed by atoms with Gasteiger partial charge in [-0.1, -0.05) is 63.2 Å². The average Bonchev–Trinajstić information content (AvgIpc) is 3.97. The molecule has 1 saturated heterocycles. The average molecular weight is 707 g/mol. The maximum absolute atomic E-state index is 14.7. The van der Waals surface area contributed by atoms with Gasteiger partial charge in [0.15, 0.2) is 0 Å². The number of aromatic amines is 2. The third-order valence-corrected chi connectivity index (χ3v) is 11.1. The highest BCUT2D eigenvalue weighted by atomic mass is 16.5. The van der Waals surface area contributed by atoms with E-state index in [-0.39, 0.29) is 36.1 Å². The zero-order valence-corrected chi connectivity index (χ0v) is 31.5. The van der Waals surface area contributed by atoms with Crippen molar-refractivity contribution in [2.75, 3.05) is 7.11 Å². The van der Waals surface area contributed by atoms with E-state index in [9.17, 15) is 9.59 Å². The number of hydrogen-bond donors (Lipinski definition) is 3. The number of ether oxygens (including phenoxy) is 2. The van der Waals surface area contributed by atoms with Gasteiger partial charge in [0.1, 0.15) is 17.7 Å². The van der Waals surface area contributed by atoms with Crippen LogP contribution in [0.4, 0.5) is 4.79 Å². The Bertz CT molecular complexity index is 1860. The van der Waals surface area contributed by atoms with Crippen LogP contribution in [0.1, 0.15) is 95.5 Å². The van der Waals surface area contributed by atoms with E-state index in [2.05, 4.69) is 84.0 Å². The molecule has 10 heteroatoms. The van der Waals surface area contributed by atoms with Crippen LogP contribution < -0.4 is 5.32 Å². The van der Waals surface area contributed by atoms with Crippen LogP contribution >= 0.6 is 0 Å². The van der Waals surface area contributed by atoms with Crippen molar-refractivity contribution in [3.05, 3.63) is 84.2 Å². The molecule has 0 radical (unpaired) electrons. The number of carbonyl (C=O) groups is 2. The Kier molecular flexibility index (Phi) is 11.6. The Morgan fingerprint density at radius 3 is 2.31 bits per heavy atom. The highest BCUT2D eigenvalue weighted by Crippen LogP contribution is 2.40. The number of benzene rings is 2. The molecule has 1 aliphatic heterocycles. The summed E-state index contributed by atoms with van der Waals surface area (Å²) in [5.41, 5.74) is 9.47. The van der Waals surface area contributed by atoms with E-state index in [1.165, 1.54) is 29.4 Å². The molecule has 2 aromatic carbocycles. The monoisotopic (exact) mass is 706 g/mol. The lowest BCUT2D eigenvalue weighted by Gasteiger charge is -2.41. The minimum atomic E-state index is -0.781. The van der Waals surface area contributed by atoms with E-state index >= 15 is 0 Å². The SMILES string of the molecule is C=CC1CC(C(NC(=O)OC)C(=O)N(C(CC)CC)C(C)c2ncc(-c3ccc(-c4ccc(-c5cnc(CC)[nH]5)cc4)c4c3CCC4)[nH]2)CC(C)O1. The molecule has 0 saturated carbocycles. The zero-order valence-electron chi connectivity index (χ0n) is 31.5. The summed E-state index contributed by atoms with van der Waals surface area (Å²) in [4.78, 5) is 45.7. The van der Waals surface area contributed by atoms with Gasteiger partial charge in [-0.3, -0.25) is 4.79 Å². The first-order chi connectivity index (χ1) is 25.2. The van der Waals surface area contributed by atoms with Gasteiger partial charge in [-0.25, -0.2) is 14.8 Å². The Labute approximate surface area is 307 Å². The summed E-state index contributed by atoms with van der Waals surface area (Å²) in [5, 5.41) is 2.91. The van der Waals surface area contributed by atoms with E-state index in [0.717, 1.165) is 66.9 Å². The number of amides is 2. The summed E-state index contributed by atoms with van der Waals surface area (Å²) in [6.45, 7) is 14.2. The van der Waals surface area contributed by atoms with Gasteiger partial charge in [-0.05, 0) is 92.5 Å². The number of carbonyl (C=O) groups excluding carboxylic acids is 2. The first-order valence-electron chi connectivity index (χ1n) is 19.0. The summed E-state index contributed by atoms with van der Waals surface area (Å²) >= 11 is 0. The number of rotatable bonds is 13. The summed E-state index contributed by atoms with van der Waals surface area (Å²) in [6, 6.07) is 12.0. The summed E-state index contributed by atoms with van der Waals surface area (Å²) in [5.74, 6) is 1.42. The van der Waals surface area contributed by atoms with Gasteiger partial charge in [0.25, 0.3) is 0 Å². The van der Waals surface area contributed by atoms with Crippen LogP contribution in [0.25, 0.3) is 33.6 Å². The minimum Gasteiger partial charge on any atom is -0.453 e. The van der Waals surface area contributed by atoms with Crippen molar-refractivity contribution < 1.29 is 19.1 Å². The van der Waals surface area contributed by atoms with Crippen molar-refractivity contribution in [3.8, 4) is 33.6 Å². The maximum Gasteiger partial charge on any atom is 0.407 e. The van der Waals surface area contributed by atoms with Crippen LogP contribution in [0.5, 0.6) is 0 Å². The Morgan fingerprint density at radius 2 is 1.65 bits per heavy atom. The number of aromatic nitrogens is 4. The van der Waals surface area contributed by atoms with Gasteiger partial charge in [0.2, 0.25) is 5.91 Å². The van der Waals surface area contributed by atoms with Crippen molar-refractivity contribution in [2.45, 2.75) is 116 Å². The lowest BCUT2D eigenvalue weighted by Crippen LogP contribution is -2.57. The molecule has 1 aliphatic carbocycles. The molecule has 2 aliphatic rings. The number of nitrogens with one attached hydrogen (secondary N) is 3. The predicted octanol–water partition coefficient (Wildman–Crippen LogP) is 8.36. The second-order valence-corrected chi connectivity index (χ2v) is 14.3. The van der Waals surface area contributed by atoms with E-state index in [1.54, 1.807) is 6.08 Å². The van der Waals surface area contributed by atoms with Crippen LogP contribution in [0.15, 0.2) is 61.4 Å². The molecule has 10 nitrogen and oxygen atoms in total. The van der Waals surface area contributed by atoms with E-state index in [1.807, 2.05) is 31.1 Å². The first-order valence-corrected chi connectivity index (χ1v) is 19.0. The predicted molar refractivity (Wildman–Crippen MR) is 205 cm³/mol. The fourth-order valence-corrected chi connectivity index (χ4v) is 8.32. The quantitative estimate of drug-likeness (QED) is 0.120. The molecule has 0 bridgehead atoms. The van der Waals surface area contributed by atoms with Gasteiger partial charge in [-0.15, -0.1) is 6.58 Å². The molecule has 4 aromatic rings. The molecule has 3 heterocycles. The van der Waals surface area contributed by atoms with Crippen LogP contribution in [0, 0.1) is 5.92 Å². The van der Waals surface area contributed by atoms with Crippen molar-refractivity contribution in [1.82, 2.24) is 30.2 Å². The Morgan fingerprint density at radius 1 is 0.981 bits per heavy atom. The molecule has 2 aromatic heterocycles. The van der Waals surface area contributed by atoms with Crippen molar-refractivity contribution >= 4 is 12.0 Å². The smallest absolute Gasteiger partial charge is 0.407 e. The van der Waals surface area contributed by atoms with E-state index in [4.69, 9.17) is 14.5 Å². The lowest BCUT2D eigenvalue weighted by atomic mass is 9.84. The molecular formula is C42H54N6O4. The molecule has 6 rings (SSSR count). The molecular weight excluding hydrogens is 653 g/mol. The van der Waals surface area contributed by atoms with E-state index in [0.29, 0.717) is 18.7 Å². The third-order valence-electron chi connectivity index (χ3n) is 11.1. The van der Waals surface area contributed by atoms with E-state index < -0.39 is 12.1 Å². The standard InChI is InChI=1S/C42H54N6O4/c1-8-30(9-2)48(41(49)39(47-42(50)51-7)29-21-25(5)52-31(10-3)22-29)26(6)40-44-24-37(46-40)35-20-19-32(33-13-12-14-34(33)35)27-15-17-28(18-16-27)36-23-43-38(11-4)45-36/h10,15-20,23-26,29-31,39H,3,8-9,11-14,21-22H2,1-2,4-7H3,(H,43,45)(H,44,46)(H,47,50). The fraction of sp³-hybridized carbons (Fsp3) is 0.476. The maximum atomic E-state index is 14.7. The first kappa shape index (κ1) is 37.1. The second kappa shape index (κ2) is 16.3. The molecule has 5 unspecified atom stereocenters. The van der Waals surface area contributed by atoms with Crippen LogP contribution in [0.3, 0.4) is 0 Å². The third kappa shape index (κ3) is 7.58. The number of fused-ring (bicyclic) bond motifs is 1. The number of alkyl carbamates (subject to hydrolysis) is 1. The van der Waals surface area contributed by atoms with Crippen LogP contribution in [0.2, 0.25) is 0 Å². The number of hydrogen-bond acceptors (Lipinski definition) is 6. The summed E-state index contributed by atoms with van der Waals surface area (Å²) < 4.78 is 11.0. The van der Waals surface area contributed by atoms with Gasteiger partial charge < -0.3 is 29.7 Å². The highest BCUT2D eigenvalue weighted by Gasteiger charge is 2.41. The van der Waals surface area contributed by atoms with Gasteiger partial charge in [0, 0.05) is 18.0 Å². The number of methoxy groups -OCH3 is 1. The normalized spacial score (nSPS) is 19.6. The number of nitrogens with zero attached hydrogens (tertiary/aromatic N) is 3. The lowest BCUT2D eigenvalue weighted by molar-refractivity contribution is -0.142. The van der Waals surface area contributed by atoms with Crippen molar-refractivity contribution in [3.63, 3.8) is 0 Å². The van der Waals surface area contributed by atoms with Crippen molar-refractivity contribution in [1.29, 1.82) is 0 Å². The molecule has 276 valence electrons. The molecule has 5 atom stereocenters. The molecule has 52 heavy (non-hydrogen) atoms. The Balaban J connectivity index is 1.28. The number of aryl methyl sites for hydroxylation is 1. The topological polar surface area (TPSA) is 125 Å². The minimum absolute atomic E-state index is 0.0534. The van der Waals surface area contributed by atoms with Crippen LogP contribution in [-0.2, 0) is 33.5 Å². The van der Waals surface area contributed by atoms with Crippen LogP contribution in [-0.4, -0.2) is 68.2 Å².